The lowest BCUT2D eigenvalue weighted by Crippen LogP contribution is -1.98. The molecule has 20 heavy (non-hydrogen) atoms. The van der Waals surface area contributed by atoms with Gasteiger partial charge in [0.15, 0.2) is 0 Å². The van der Waals surface area contributed by atoms with Crippen LogP contribution in [0.15, 0.2) is 36.4 Å². The van der Waals surface area contributed by atoms with E-state index < -0.39 is 4.92 Å². The summed E-state index contributed by atoms with van der Waals surface area (Å²) in [4.78, 5) is 10.2. The highest BCUT2D eigenvalue weighted by Gasteiger charge is 2.13. The van der Waals surface area contributed by atoms with Gasteiger partial charge in [-0.25, -0.2) is 0 Å². The summed E-state index contributed by atoms with van der Waals surface area (Å²) in [6.07, 6.45) is 0. The van der Waals surface area contributed by atoms with Crippen LogP contribution in [0.2, 0.25) is 15.1 Å². The van der Waals surface area contributed by atoms with E-state index in [0.29, 0.717) is 21.4 Å². The van der Waals surface area contributed by atoms with Gasteiger partial charge < -0.3 is 4.74 Å². The third-order valence-electron chi connectivity index (χ3n) is 2.49. The SMILES string of the molecule is O=[N+]([O-])c1cc(COc2cc(Cl)ccc2Cl)ccc1Cl. The summed E-state index contributed by atoms with van der Waals surface area (Å²) in [6.45, 7) is 0.123. The molecule has 2 aromatic rings. The van der Waals surface area contributed by atoms with Crippen molar-refractivity contribution in [3.63, 3.8) is 0 Å². The van der Waals surface area contributed by atoms with Gasteiger partial charge in [-0.05, 0) is 23.8 Å². The normalized spacial score (nSPS) is 10.3. The Balaban J connectivity index is 2.17. The lowest BCUT2D eigenvalue weighted by molar-refractivity contribution is -0.384. The van der Waals surface area contributed by atoms with Gasteiger partial charge in [0.2, 0.25) is 0 Å². The quantitative estimate of drug-likeness (QED) is 0.576. The molecule has 0 amide bonds. The van der Waals surface area contributed by atoms with E-state index in [1.807, 2.05) is 0 Å². The molecular formula is C13H8Cl3NO3. The molecule has 0 unspecified atom stereocenters. The zero-order chi connectivity index (χ0) is 14.7. The van der Waals surface area contributed by atoms with Crippen molar-refractivity contribution >= 4 is 40.5 Å². The first-order valence-corrected chi connectivity index (χ1v) is 6.61. The van der Waals surface area contributed by atoms with Gasteiger partial charge in [0.1, 0.15) is 17.4 Å². The molecule has 0 radical (unpaired) electrons. The summed E-state index contributed by atoms with van der Waals surface area (Å²) in [5.41, 5.74) is 0.446. The fourth-order valence-corrected chi connectivity index (χ4v) is 2.06. The van der Waals surface area contributed by atoms with Gasteiger partial charge in [-0.15, -0.1) is 0 Å². The molecule has 0 saturated heterocycles. The smallest absolute Gasteiger partial charge is 0.288 e. The second kappa shape index (κ2) is 6.31. The molecule has 0 heterocycles. The molecule has 0 N–H and O–H groups in total. The number of nitrogens with zero attached hydrogens (tertiary/aromatic N) is 1. The maximum Gasteiger partial charge on any atom is 0.288 e. The number of hydrogen-bond donors (Lipinski definition) is 0. The number of benzene rings is 2. The van der Waals surface area contributed by atoms with Crippen molar-refractivity contribution in [1.29, 1.82) is 0 Å². The number of nitro groups is 1. The Morgan fingerprint density at radius 3 is 2.45 bits per heavy atom. The number of halogens is 3. The van der Waals surface area contributed by atoms with Crippen molar-refractivity contribution in [3.05, 3.63) is 67.1 Å². The molecule has 0 fully saturated rings. The summed E-state index contributed by atoms with van der Waals surface area (Å²) in [5.74, 6) is 0.414. The number of nitro benzene ring substituents is 1. The predicted octanol–water partition coefficient (Wildman–Crippen LogP) is 5.13. The third-order valence-corrected chi connectivity index (χ3v) is 3.36. The first-order chi connectivity index (χ1) is 9.47. The molecule has 0 aliphatic carbocycles. The van der Waals surface area contributed by atoms with Gasteiger partial charge in [0.25, 0.3) is 5.69 Å². The first-order valence-electron chi connectivity index (χ1n) is 5.48. The van der Waals surface area contributed by atoms with Crippen molar-refractivity contribution in [2.75, 3.05) is 0 Å². The fraction of sp³-hybridized carbons (Fsp3) is 0.0769. The zero-order valence-corrected chi connectivity index (χ0v) is 12.2. The second-order valence-corrected chi connectivity index (χ2v) is 5.16. The van der Waals surface area contributed by atoms with Gasteiger partial charge in [-0.1, -0.05) is 40.9 Å². The van der Waals surface area contributed by atoms with E-state index in [1.165, 1.54) is 12.1 Å². The molecule has 0 aromatic heterocycles. The molecule has 0 aliphatic rings. The van der Waals surface area contributed by atoms with Crippen LogP contribution >= 0.6 is 34.8 Å². The van der Waals surface area contributed by atoms with Crippen molar-refractivity contribution in [2.45, 2.75) is 6.61 Å². The van der Waals surface area contributed by atoms with Crippen molar-refractivity contribution in [3.8, 4) is 5.75 Å². The molecule has 7 heteroatoms. The van der Waals surface area contributed by atoms with E-state index in [1.54, 1.807) is 24.3 Å². The van der Waals surface area contributed by atoms with Crippen LogP contribution in [0.1, 0.15) is 5.56 Å². The fourth-order valence-electron chi connectivity index (χ4n) is 1.54. The molecule has 0 aliphatic heterocycles. The van der Waals surface area contributed by atoms with E-state index >= 15 is 0 Å². The van der Waals surface area contributed by atoms with Crippen LogP contribution in [0, 0.1) is 10.1 Å². The minimum Gasteiger partial charge on any atom is -0.487 e. The summed E-state index contributed by atoms with van der Waals surface area (Å²) in [6, 6.07) is 9.30. The van der Waals surface area contributed by atoms with E-state index in [-0.39, 0.29) is 17.3 Å². The average molecular weight is 333 g/mol. The topological polar surface area (TPSA) is 52.4 Å². The molecule has 0 saturated carbocycles. The summed E-state index contributed by atoms with van der Waals surface area (Å²) < 4.78 is 5.50. The Morgan fingerprint density at radius 1 is 1.05 bits per heavy atom. The van der Waals surface area contributed by atoms with Gasteiger partial charge in [-0.3, -0.25) is 10.1 Å². The van der Waals surface area contributed by atoms with E-state index in [4.69, 9.17) is 39.5 Å². The van der Waals surface area contributed by atoms with Crippen molar-refractivity contribution in [2.24, 2.45) is 0 Å². The molecule has 0 bridgehead atoms. The highest BCUT2D eigenvalue weighted by atomic mass is 35.5. The maximum absolute atomic E-state index is 10.8. The van der Waals surface area contributed by atoms with Crippen LogP contribution in [0.25, 0.3) is 0 Å². The van der Waals surface area contributed by atoms with Crippen molar-refractivity contribution < 1.29 is 9.66 Å². The van der Waals surface area contributed by atoms with Gasteiger partial charge in [0, 0.05) is 17.2 Å². The highest BCUT2D eigenvalue weighted by molar-refractivity contribution is 6.34. The average Bonchev–Trinajstić information content (AvgIpc) is 2.41. The minimum atomic E-state index is -0.543. The molecular weight excluding hydrogens is 325 g/mol. The maximum atomic E-state index is 10.8. The van der Waals surface area contributed by atoms with Crippen LogP contribution in [0.3, 0.4) is 0 Å². The van der Waals surface area contributed by atoms with E-state index in [9.17, 15) is 10.1 Å². The van der Waals surface area contributed by atoms with Crippen molar-refractivity contribution in [1.82, 2.24) is 0 Å². The van der Waals surface area contributed by atoms with E-state index in [2.05, 4.69) is 0 Å². The molecule has 4 nitrogen and oxygen atoms in total. The standard InChI is InChI=1S/C13H8Cl3NO3/c14-9-2-4-11(16)13(6-9)20-7-8-1-3-10(15)12(5-8)17(18)19/h1-6H,7H2. The summed E-state index contributed by atoms with van der Waals surface area (Å²) >= 11 is 17.5. The van der Waals surface area contributed by atoms with Crippen LogP contribution in [-0.2, 0) is 6.61 Å². The number of hydrogen-bond acceptors (Lipinski definition) is 3. The second-order valence-electron chi connectivity index (χ2n) is 3.91. The molecule has 0 spiro atoms. The Labute approximate surface area is 130 Å². The Bertz CT molecular complexity index is 661. The number of ether oxygens (including phenoxy) is 1. The monoisotopic (exact) mass is 331 g/mol. The Hall–Kier alpha value is -1.49. The predicted molar refractivity (Wildman–Crippen MR) is 78.9 cm³/mol. The van der Waals surface area contributed by atoms with Crippen LogP contribution in [0.4, 0.5) is 5.69 Å². The highest BCUT2D eigenvalue weighted by Crippen LogP contribution is 2.29. The third kappa shape index (κ3) is 3.54. The lowest BCUT2D eigenvalue weighted by atomic mass is 10.2. The Kier molecular flexibility index (Phi) is 4.70. The van der Waals surface area contributed by atoms with Gasteiger partial charge in [0.05, 0.1) is 9.95 Å². The zero-order valence-electron chi connectivity index (χ0n) is 9.98. The van der Waals surface area contributed by atoms with Gasteiger partial charge >= 0.3 is 0 Å². The minimum absolute atomic E-state index is 0.0829. The first kappa shape index (κ1) is 14.9. The number of rotatable bonds is 4. The Morgan fingerprint density at radius 2 is 1.75 bits per heavy atom. The van der Waals surface area contributed by atoms with Crippen LogP contribution in [0.5, 0.6) is 5.75 Å². The molecule has 0 atom stereocenters. The van der Waals surface area contributed by atoms with E-state index in [0.717, 1.165) is 0 Å². The summed E-state index contributed by atoms with van der Waals surface area (Å²) in [5, 5.41) is 11.8. The largest absolute Gasteiger partial charge is 0.487 e. The van der Waals surface area contributed by atoms with Gasteiger partial charge in [-0.2, -0.15) is 0 Å². The van der Waals surface area contributed by atoms with Crippen LogP contribution < -0.4 is 4.74 Å². The molecule has 104 valence electrons. The van der Waals surface area contributed by atoms with Crippen LogP contribution in [-0.4, -0.2) is 4.92 Å². The summed E-state index contributed by atoms with van der Waals surface area (Å²) in [7, 11) is 0. The lowest BCUT2D eigenvalue weighted by Gasteiger charge is -2.08. The molecule has 2 aromatic carbocycles. The molecule has 2 rings (SSSR count).